The van der Waals surface area contributed by atoms with Gasteiger partial charge in [0, 0.05) is 17.8 Å². The highest BCUT2D eigenvalue weighted by molar-refractivity contribution is 5.83. The number of hydrogen-bond donors (Lipinski definition) is 1. The molecule has 88 valence electrons. The van der Waals surface area contributed by atoms with Crippen LogP contribution in [0, 0.1) is 5.95 Å². The van der Waals surface area contributed by atoms with Gasteiger partial charge in [-0.2, -0.15) is 4.39 Å². The van der Waals surface area contributed by atoms with Gasteiger partial charge in [0.1, 0.15) is 0 Å². The lowest BCUT2D eigenvalue weighted by molar-refractivity contribution is -0.119. The lowest BCUT2D eigenvalue weighted by atomic mass is 10.0. The number of nitrogens with zero attached hydrogens (tertiary/aromatic N) is 3. The molecule has 2 unspecified atom stereocenters. The number of halogens is 1. The maximum absolute atomic E-state index is 13.1. The number of carbonyl (C=O) groups excluding carboxylic acids is 1. The summed E-state index contributed by atoms with van der Waals surface area (Å²) in [5.41, 5.74) is 7.41. The first-order valence-electron chi connectivity index (χ1n) is 5.41. The summed E-state index contributed by atoms with van der Waals surface area (Å²) < 4.78 is 14.6. The van der Waals surface area contributed by atoms with Crippen molar-refractivity contribution in [1.82, 2.24) is 14.6 Å². The van der Waals surface area contributed by atoms with Gasteiger partial charge in [-0.25, -0.2) is 9.50 Å². The number of rotatable bonds is 1. The quantitative estimate of drug-likeness (QED) is 0.798. The van der Waals surface area contributed by atoms with E-state index in [1.807, 2.05) is 6.92 Å². The van der Waals surface area contributed by atoms with E-state index in [2.05, 4.69) is 10.1 Å². The minimum atomic E-state index is -0.569. The third kappa shape index (κ3) is 1.33. The molecule has 0 fully saturated rings. The van der Waals surface area contributed by atoms with Gasteiger partial charge in [-0.1, -0.05) is 6.92 Å². The van der Waals surface area contributed by atoms with E-state index in [0.717, 1.165) is 11.3 Å². The van der Waals surface area contributed by atoms with E-state index in [0.29, 0.717) is 12.1 Å². The SMILES string of the molecule is CC1CC(C(N)=O)c2cnc3cc(F)nn3c21. The molecule has 2 heterocycles. The van der Waals surface area contributed by atoms with Gasteiger partial charge in [-0.3, -0.25) is 4.79 Å². The molecule has 1 amide bonds. The van der Waals surface area contributed by atoms with Gasteiger partial charge in [0.05, 0.1) is 11.6 Å². The second-order valence-corrected chi connectivity index (χ2v) is 4.43. The smallest absolute Gasteiger partial charge is 0.235 e. The first kappa shape index (κ1) is 10.2. The maximum atomic E-state index is 13.1. The minimum absolute atomic E-state index is 0.118. The second kappa shape index (κ2) is 3.26. The highest BCUT2D eigenvalue weighted by Gasteiger charge is 2.34. The zero-order valence-electron chi connectivity index (χ0n) is 9.22. The molecule has 0 radical (unpaired) electrons. The van der Waals surface area contributed by atoms with E-state index < -0.39 is 5.95 Å². The molecule has 5 nitrogen and oxygen atoms in total. The molecule has 0 bridgehead atoms. The number of nitrogens with two attached hydrogens (primary N) is 1. The van der Waals surface area contributed by atoms with Gasteiger partial charge in [0.25, 0.3) is 0 Å². The number of carbonyl (C=O) groups is 1. The zero-order valence-corrected chi connectivity index (χ0v) is 9.22. The largest absolute Gasteiger partial charge is 0.369 e. The zero-order chi connectivity index (χ0) is 12.2. The number of aromatic nitrogens is 3. The van der Waals surface area contributed by atoms with E-state index in [1.165, 1.54) is 10.6 Å². The number of hydrogen-bond acceptors (Lipinski definition) is 3. The molecule has 1 aliphatic rings. The van der Waals surface area contributed by atoms with Gasteiger partial charge in [0.15, 0.2) is 5.65 Å². The van der Waals surface area contributed by atoms with Crippen LogP contribution in [0.2, 0.25) is 0 Å². The molecular formula is C11H11FN4O. The third-order valence-corrected chi connectivity index (χ3v) is 3.30. The van der Waals surface area contributed by atoms with Crippen molar-refractivity contribution in [2.24, 2.45) is 5.73 Å². The van der Waals surface area contributed by atoms with Crippen LogP contribution in [0.15, 0.2) is 12.3 Å². The normalized spacial score (nSPS) is 22.9. The Bertz CT molecular complexity index is 621. The average molecular weight is 234 g/mol. The fourth-order valence-corrected chi connectivity index (χ4v) is 2.56. The summed E-state index contributed by atoms with van der Waals surface area (Å²) in [6.45, 7) is 1.97. The Labute approximate surface area is 96.4 Å². The Morgan fingerprint density at radius 2 is 2.41 bits per heavy atom. The Hall–Kier alpha value is -1.98. The molecule has 3 rings (SSSR count). The predicted octanol–water partition coefficient (Wildman–Crippen LogP) is 0.945. The van der Waals surface area contributed by atoms with Gasteiger partial charge < -0.3 is 5.73 Å². The summed E-state index contributed by atoms with van der Waals surface area (Å²) in [5, 5.41) is 3.76. The average Bonchev–Trinajstić information content (AvgIpc) is 2.77. The summed E-state index contributed by atoms with van der Waals surface area (Å²) in [6, 6.07) is 1.27. The van der Waals surface area contributed by atoms with Crippen molar-refractivity contribution in [1.29, 1.82) is 0 Å². The van der Waals surface area contributed by atoms with Crippen LogP contribution in [0.3, 0.4) is 0 Å². The van der Waals surface area contributed by atoms with E-state index in [9.17, 15) is 9.18 Å². The lowest BCUT2D eigenvalue weighted by Crippen LogP contribution is -2.19. The Balaban J connectivity index is 2.30. The highest BCUT2D eigenvalue weighted by Crippen LogP contribution is 2.40. The molecule has 0 saturated carbocycles. The molecule has 0 spiro atoms. The number of fused-ring (bicyclic) bond motifs is 3. The van der Waals surface area contributed by atoms with Crippen molar-refractivity contribution in [3.63, 3.8) is 0 Å². The van der Waals surface area contributed by atoms with Crippen molar-refractivity contribution in [3.8, 4) is 0 Å². The predicted molar refractivity (Wildman–Crippen MR) is 57.9 cm³/mol. The molecule has 1 aliphatic carbocycles. The maximum Gasteiger partial charge on any atom is 0.235 e. The molecule has 2 atom stereocenters. The van der Waals surface area contributed by atoms with Crippen molar-refractivity contribution in [2.45, 2.75) is 25.2 Å². The fourth-order valence-electron chi connectivity index (χ4n) is 2.56. The lowest BCUT2D eigenvalue weighted by Gasteiger charge is -2.06. The van der Waals surface area contributed by atoms with Crippen LogP contribution in [0.1, 0.15) is 36.4 Å². The van der Waals surface area contributed by atoms with Crippen LogP contribution >= 0.6 is 0 Å². The molecule has 2 aromatic rings. The summed E-state index contributed by atoms with van der Waals surface area (Å²) in [6.07, 6.45) is 2.23. The third-order valence-electron chi connectivity index (χ3n) is 3.30. The first-order valence-corrected chi connectivity index (χ1v) is 5.41. The van der Waals surface area contributed by atoms with Gasteiger partial charge in [-0.15, -0.1) is 5.10 Å². The Kier molecular flexibility index (Phi) is 1.95. The molecule has 6 heteroatoms. The van der Waals surface area contributed by atoms with Crippen LogP contribution in [0.25, 0.3) is 5.65 Å². The Morgan fingerprint density at radius 1 is 1.65 bits per heavy atom. The summed E-state index contributed by atoms with van der Waals surface area (Å²) in [4.78, 5) is 15.4. The molecule has 0 aromatic carbocycles. The van der Waals surface area contributed by atoms with Crippen LogP contribution in [-0.4, -0.2) is 20.5 Å². The summed E-state index contributed by atoms with van der Waals surface area (Å²) >= 11 is 0. The van der Waals surface area contributed by atoms with Crippen LogP contribution in [0.4, 0.5) is 4.39 Å². The standard InChI is InChI=1S/C11H11FN4O/c1-5-2-6(11(13)17)7-4-14-9-3-8(12)15-16(9)10(5)7/h3-6H,2H2,1H3,(H2,13,17). The van der Waals surface area contributed by atoms with Crippen molar-refractivity contribution in [3.05, 3.63) is 29.5 Å². The van der Waals surface area contributed by atoms with Gasteiger partial charge in [-0.05, 0) is 12.3 Å². The van der Waals surface area contributed by atoms with Crippen molar-refractivity contribution in [2.75, 3.05) is 0 Å². The second-order valence-electron chi connectivity index (χ2n) is 4.43. The van der Waals surface area contributed by atoms with Crippen LogP contribution in [-0.2, 0) is 4.79 Å². The van der Waals surface area contributed by atoms with E-state index in [1.54, 1.807) is 6.20 Å². The molecule has 0 aliphatic heterocycles. The number of primary amides is 1. The first-order chi connectivity index (χ1) is 8.08. The summed E-state index contributed by atoms with van der Waals surface area (Å²) in [5.74, 6) is -1.17. The molecular weight excluding hydrogens is 223 g/mol. The fraction of sp³-hybridized carbons (Fsp3) is 0.364. The molecule has 17 heavy (non-hydrogen) atoms. The van der Waals surface area contributed by atoms with Crippen molar-refractivity contribution < 1.29 is 9.18 Å². The number of amides is 1. The van der Waals surface area contributed by atoms with E-state index >= 15 is 0 Å². The monoisotopic (exact) mass is 234 g/mol. The van der Waals surface area contributed by atoms with E-state index in [4.69, 9.17) is 5.73 Å². The Morgan fingerprint density at radius 3 is 3.12 bits per heavy atom. The van der Waals surface area contributed by atoms with Gasteiger partial charge in [0.2, 0.25) is 11.9 Å². The van der Waals surface area contributed by atoms with Crippen molar-refractivity contribution >= 4 is 11.6 Å². The minimum Gasteiger partial charge on any atom is -0.369 e. The van der Waals surface area contributed by atoms with Crippen LogP contribution < -0.4 is 5.73 Å². The molecule has 2 aromatic heterocycles. The summed E-state index contributed by atoms with van der Waals surface area (Å²) in [7, 11) is 0. The molecule has 0 saturated heterocycles. The van der Waals surface area contributed by atoms with Crippen LogP contribution in [0.5, 0.6) is 0 Å². The van der Waals surface area contributed by atoms with E-state index in [-0.39, 0.29) is 17.7 Å². The van der Waals surface area contributed by atoms with Gasteiger partial charge >= 0.3 is 0 Å². The molecule has 2 N–H and O–H groups in total. The topological polar surface area (TPSA) is 73.3 Å². The highest BCUT2D eigenvalue weighted by atomic mass is 19.1.